The molecular weight excluding hydrogens is 124 g/mol. The Morgan fingerprint density at radius 1 is 1.70 bits per heavy atom. The molecule has 0 fully saturated rings. The summed E-state index contributed by atoms with van der Waals surface area (Å²) in [6.45, 7) is 8.67. The van der Waals surface area contributed by atoms with Crippen LogP contribution in [0.4, 0.5) is 0 Å². The van der Waals surface area contributed by atoms with Gasteiger partial charge >= 0.3 is 0 Å². The molecule has 0 bridgehead atoms. The van der Waals surface area contributed by atoms with Crippen LogP contribution in [0.3, 0.4) is 0 Å². The molecule has 0 saturated carbocycles. The molecule has 1 heterocycles. The average Bonchev–Trinajstić information content (AvgIpc) is 2.31. The van der Waals surface area contributed by atoms with Gasteiger partial charge in [0.15, 0.2) is 0 Å². The third-order valence-corrected chi connectivity index (χ3v) is 1.47. The molecule has 1 aromatic rings. The minimum Gasteiger partial charge on any atom is -0.269 e. The molecule has 54 valence electrons. The second-order valence-corrected chi connectivity index (χ2v) is 2.33. The van der Waals surface area contributed by atoms with Gasteiger partial charge in [-0.25, -0.2) is 0 Å². The highest BCUT2D eigenvalue weighted by molar-refractivity contribution is 5.03. The van der Waals surface area contributed by atoms with Crippen molar-refractivity contribution in [3.8, 4) is 0 Å². The fraction of sp³-hybridized carbons (Fsp3) is 0.500. The molecular formula is C8H12N2. The number of aryl methyl sites for hydroxylation is 1. The van der Waals surface area contributed by atoms with Crippen molar-refractivity contribution in [3.05, 3.63) is 24.9 Å². The lowest BCUT2D eigenvalue weighted by atomic mass is 10.3. The summed E-state index contributed by atoms with van der Waals surface area (Å²) in [5.41, 5.74) is 0.758. The first-order valence-corrected chi connectivity index (χ1v) is 3.62. The van der Waals surface area contributed by atoms with E-state index in [4.69, 9.17) is 6.92 Å². The SMILES string of the molecule is [CH]c1ccnn1CCCC. The van der Waals surface area contributed by atoms with Crippen LogP contribution in [0.15, 0.2) is 12.3 Å². The van der Waals surface area contributed by atoms with Gasteiger partial charge in [-0.05, 0) is 12.5 Å². The van der Waals surface area contributed by atoms with Gasteiger partial charge in [0.05, 0.1) is 0 Å². The molecule has 0 aliphatic heterocycles. The number of hydrogen-bond donors (Lipinski definition) is 0. The van der Waals surface area contributed by atoms with Crippen LogP contribution in [0.25, 0.3) is 0 Å². The Hall–Kier alpha value is -0.790. The molecule has 0 aromatic carbocycles. The zero-order chi connectivity index (χ0) is 7.40. The van der Waals surface area contributed by atoms with E-state index in [1.54, 1.807) is 6.20 Å². The number of hydrogen-bond acceptors (Lipinski definition) is 1. The minimum absolute atomic E-state index is 0.758. The molecule has 1 aromatic heterocycles. The summed E-state index contributed by atoms with van der Waals surface area (Å²) < 4.78 is 1.82. The van der Waals surface area contributed by atoms with Crippen LogP contribution >= 0.6 is 0 Å². The van der Waals surface area contributed by atoms with Gasteiger partial charge < -0.3 is 0 Å². The van der Waals surface area contributed by atoms with E-state index in [0.29, 0.717) is 0 Å². The van der Waals surface area contributed by atoms with E-state index >= 15 is 0 Å². The number of nitrogens with zero attached hydrogens (tertiary/aromatic N) is 2. The largest absolute Gasteiger partial charge is 0.269 e. The van der Waals surface area contributed by atoms with Gasteiger partial charge in [-0.3, -0.25) is 4.68 Å². The molecule has 0 spiro atoms. The van der Waals surface area contributed by atoms with Crippen molar-refractivity contribution in [2.45, 2.75) is 26.3 Å². The quantitative estimate of drug-likeness (QED) is 0.619. The Balaban J connectivity index is 2.49. The van der Waals surface area contributed by atoms with E-state index in [9.17, 15) is 0 Å². The van der Waals surface area contributed by atoms with Crippen LogP contribution in [0.2, 0.25) is 0 Å². The zero-order valence-electron chi connectivity index (χ0n) is 6.25. The van der Waals surface area contributed by atoms with Crippen LogP contribution in [-0.4, -0.2) is 9.78 Å². The topological polar surface area (TPSA) is 17.8 Å². The Kier molecular flexibility index (Phi) is 2.49. The van der Waals surface area contributed by atoms with E-state index in [1.807, 2.05) is 10.7 Å². The third-order valence-electron chi connectivity index (χ3n) is 1.47. The summed E-state index contributed by atoms with van der Waals surface area (Å²) in [6, 6.07) is 1.82. The molecule has 2 radical (unpaired) electrons. The lowest BCUT2D eigenvalue weighted by Gasteiger charge is -2.00. The van der Waals surface area contributed by atoms with Gasteiger partial charge in [-0.15, -0.1) is 0 Å². The number of rotatable bonds is 3. The second-order valence-electron chi connectivity index (χ2n) is 2.33. The van der Waals surface area contributed by atoms with E-state index in [-0.39, 0.29) is 0 Å². The van der Waals surface area contributed by atoms with Crippen LogP contribution in [-0.2, 0) is 6.54 Å². The number of unbranched alkanes of at least 4 members (excludes halogenated alkanes) is 1. The normalized spacial score (nSPS) is 10.2. The molecule has 1 rings (SSSR count). The van der Waals surface area contributed by atoms with E-state index in [1.165, 1.54) is 6.42 Å². The summed E-state index contributed by atoms with van der Waals surface area (Å²) in [5.74, 6) is 0. The molecule has 0 N–H and O–H groups in total. The molecule has 2 nitrogen and oxygen atoms in total. The summed E-state index contributed by atoms with van der Waals surface area (Å²) in [5, 5.41) is 4.04. The maximum Gasteiger partial charge on any atom is 0.0492 e. The van der Waals surface area contributed by atoms with Gasteiger partial charge in [0.2, 0.25) is 0 Å². The third kappa shape index (κ3) is 1.59. The van der Waals surface area contributed by atoms with Crippen molar-refractivity contribution < 1.29 is 0 Å². The minimum atomic E-state index is 0.758. The van der Waals surface area contributed by atoms with Crippen LogP contribution in [0.5, 0.6) is 0 Å². The monoisotopic (exact) mass is 136 g/mol. The lowest BCUT2D eigenvalue weighted by Crippen LogP contribution is -2.01. The first-order chi connectivity index (χ1) is 4.84. The average molecular weight is 136 g/mol. The van der Waals surface area contributed by atoms with Gasteiger partial charge in [0, 0.05) is 25.4 Å². The fourth-order valence-electron chi connectivity index (χ4n) is 0.838. The van der Waals surface area contributed by atoms with Gasteiger partial charge in [0.1, 0.15) is 0 Å². The van der Waals surface area contributed by atoms with Gasteiger partial charge in [0.25, 0.3) is 0 Å². The molecule has 2 heteroatoms. The predicted octanol–water partition coefficient (Wildman–Crippen LogP) is 1.74. The van der Waals surface area contributed by atoms with Crippen molar-refractivity contribution in [1.29, 1.82) is 0 Å². The zero-order valence-corrected chi connectivity index (χ0v) is 6.25. The Morgan fingerprint density at radius 3 is 3.00 bits per heavy atom. The van der Waals surface area contributed by atoms with E-state index in [2.05, 4.69) is 12.0 Å². The molecule has 0 aliphatic carbocycles. The maximum absolute atomic E-state index is 5.58. The van der Waals surface area contributed by atoms with Crippen LogP contribution in [0, 0.1) is 6.92 Å². The maximum atomic E-state index is 5.58. The first-order valence-electron chi connectivity index (χ1n) is 3.62. The highest BCUT2D eigenvalue weighted by Gasteiger charge is 1.93. The van der Waals surface area contributed by atoms with Gasteiger partial charge in [-0.1, -0.05) is 13.3 Å². The summed E-state index contributed by atoms with van der Waals surface area (Å²) in [7, 11) is 0. The molecule has 0 aliphatic rings. The van der Waals surface area contributed by atoms with Crippen molar-refractivity contribution in [1.82, 2.24) is 9.78 Å². The Bertz CT molecular complexity index is 191. The lowest BCUT2D eigenvalue weighted by molar-refractivity contribution is 0.565. The standard InChI is InChI=1S/C8H12N2/c1-3-4-7-10-8(2)5-6-9-10/h2,5-6H,3-4,7H2,1H3. The van der Waals surface area contributed by atoms with Crippen molar-refractivity contribution in [2.24, 2.45) is 0 Å². The Morgan fingerprint density at radius 2 is 2.50 bits per heavy atom. The summed E-state index contributed by atoms with van der Waals surface area (Å²) in [6.07, 6.45) is 4.05. The molecule has 0 atom stereocenters. The van der Waals surface area contributed by atoms with Crippen molar-refractivity contribution >= 4 is 0 Å². The molecule has 0 unspecified atom stereocenters. The first kappa shape index (κ1) is 7.32. The predicted molar refractivity (Wildman–Crippen MR) is 40.5 cm³/mol. The second kappa shape index (κ2) is 3.40. The smallest absolute Gasteiger partial charge is 0.0492 e. The highest BCUT2D eigenvalue weighted by atomic mass is 15.3. The fourth-order valence-corrected chi connectivity index (χ4v) is 0.838. The van der Waals surface area contributed by atoms with Gasteiger partial charge in [-0.2, -0.15) is 5.10 Å². The molecule has 0 saturated heterocycles. The number of aromatic nitrogens is 2. The summed E-state index contributed by atoms with van der Waals surface area (Å²) >= 11 is 0. The van der Waals surface area contributed by atoms with E-state index < -0.39 is 0 Å². The molecule has 0 amide bonds. The molecule has 10 heavy (non-hydrogen) atoms. The van der Waals surface area contributed by atoms with E-state index in [0.717, 1.165) is 18.7 Å². The van der Waals surface area contributed by atoms with Crippen LogP contribution < -0.4 is 0 Å². The highest BCUT2D eigenvalue weighted by Crippen LogP contribution is 1.98. The van der Waals surface area contributed by atoms with Crippen molar-refractivity contribution in [3.63, 3.8) is 0 Å². The van der Waals surface area contributed by atoms with Crippen LogP contribution in [0.1, 0.15) is 25.5 Å². The summed E-state index contributed by atoms with van der Waals surface area (Å²) in [4.78, 5) is 0. The van der Waals surface area contributed by atoms with Crippen molar-refractivity contribution in [2.75, 3.05) is 0 Å². The Labute approximate surface area is 61.9 Å².